The molecule has 1 aromatic heterocycles. The lowest BCUT2D eigenvalue weighted by atomic mass is 9.86. The molecule has 0 unspecified atom stereocenters. The Bertz CT molecular complexity index is 625. The second kappa shape index (κ2) is 6.60. The quantitative estimate of drug-likeness (QED) is 0.911. The summed E-state index contributed by atoms with van der Waals surface area (Å²) in [5.74, 6) is 0.286. The Labute approximate surface area is 131 Å². The Morgan fingerprint density at radius 1 is 1.14 bits per heavy atom. The maximum absolute atomic E-state index is 11.9. The van der Waals surface area contributed by atoms with Crippen LogP contribution < -0.4 is 11.1 Å². The Hall–Kier alpha value is -2.36. The molecule has 0 radical (unpaired) electrons. The summed E-state index contributed by atoms with van der Waals surface area (Å²) in [6, 6.07) is 11.9. The highest BCUT2D eigenvalue weighted by Crippen LogP contribution is 2.22. The lowest BCUT2D eigenvalue weighted by Gasteiger charge is -2.19. The number of nitrogen functional groups attached to an aromatic ring is 1. The lowest BCUT2D eigenvalue weighted by molar-refractivity contribution is 0.0954. The summed E-state index contributed by atoms with van der Waals surface area (Å²) in [6.45, 7) is 7.19. The van der Waals surface area contributed by atoms with E-state index < -0.39 is 0 Å². The Kier molecular flexibility index (Phi) is 4.81. The van der Waals surface area contributed by atoms with Gasteiger partial charge in [-0.05, 0) is 35.1 Å². The van der Waals surface area contributed by atoms with Crippen LogP contribution >= 0.6 is 0 Å². The van der Waals surface area contributed by atoms with Crippen molar-refractivity contribution in [1.29, 1.82) is 0 Å². The average molecular weight is 297 g/mol. The van der Waals surface area contributed by atoms with E-state index in [9.17, 15) is 4.79 Å². The van der Waals surface area contributed by atoms with Gasteiger partial charge in [-0.2, -0.15) is 0 Å². The van der Waals surface area contributed by atoms with Gasteiger partial charge in [0, 0.05) is 12.7 Å². The van der Waals surface area contributed by atoms with Crippen molar-refractivity contribution in [1.82, 2.24) is 10.3 Å². The van der Waals surface area contributed by atoms with E-state index in [1.807, 2.05) is 0 Å². The fourth-order valence-electron chi connectivity index (χ4n) is 2.13. The molecule has 4 nitrogen and oxygen atoms in total. The smallest absolute Gasteiger partial charge is 0.252 e. The van der Waals surface area contributed by atoms with Gasteiger partial charge >= 0.3 is 0 Å². The van der Waals surface area contributed by atoms with Crippen molar-refractivity contribution in [3.8, 4) is 0 Å². The summed E-state index contributed by atoms with van der Waals surface area (Å²) in [6.07, 6.45) is 2.29. The van der Waals surface area contributed by atoms with Crippen molar-refractivity contribution in [2.75, 3.05) is 12.3 Å². The maximum atomic E-state index is 11.9. The molecule has 1 aromatic carbocycles. The number of hydrogen-bond acceptors (Lipinski definition) is 3. The number of nitrogens with one attached hydrogen (secondary N) is 1. The molecule has 1 heterocycles. The highest BCUT2D eigenvalue weighted by molar-refractivity contribution is 5.93. The van der Waals surface area contributed by atoms with Crippen LogP contribution in [0, 0.1) is 0 Å². The number of carbonyl (C=O) groups excluding carboxylic acids is 1. The van der Waals surface area contributed by atoms with Crippen LogP contribution in [0.25, 0.3) is 0 Å². The van der Waals surface area contributed by atoms with Crippen molar-refractivity contribution in [3.63, 3.8) is 0 Å². The highest BCUT2D eigenvalue weighted by atomic mass is 16.1. The summed E-state index contributed by atoms with van der Waals surface area (Å²) >= 11 is 0. The summed E-state index contributed by atoms with van der Waals surface area (Å²) in [5.41, 5.74) is 8.71. The van der Waals surface area contributed by atoms with E-state index in [1.165, 1.54) is 17.3 Å². The first kappa shape index (κ1) is 16.0. The van der Waals surface area contributed by atoms with Crippen LogP contribution in [0.5, 0.6) is 0 Å². The van der Waals surface area contributed by atoms with Crippen molar-refractivity contribution < 1.29 is 4.79 Å². The topological polar surface area (TPSA) is 68.0 Å². The monoisotopic (exact) mass is 297 g/mol. The number of anilines is 1. The number of benzene rings is 1. The zero-order valence-corrected chi connectivity index (χ0v) is 13.4. The van der Waals surface area contributed by atoms with Crippen LogP contribution in [0.3, 0.4) is 0 Å². The molecule has 1 amide bonds. The summed E-state index contributed by atoms with van der Waals surface area (Å²) in [4.78, 5) is 15.9. The van der Waals surface area contributed by atoms with E-state index in [2.05, 4.69) is 55.3 Å². The summed E-state index contributed by atoms with van der Waals surface area (Å²) < 4.78 is 0. The van der Waals surface area contributed by atoms with Gasteiger partial charge in [0.1, 0.15) is 5.82 Å². The van der Waals surface area contributed by atoms with Gasteiger partial charge in [0.25, 0.3) is 5.91 Å². The number of carbonyl (C=O) groups is 1. The van der Waals surface area contributed by atoms with Gasteiger partial charge in [0.2, 0.25) is 0 Å². The van der Waals surface area contributed by atoms with E-state index in [0.29, 0.717) is 17.9 Å². The third-order valence-corrected chi connectivity index (χ3v) is 3.57. The molecule has 0 spiro atoms. The predicted molar refractivity (Wildman–Crippen MR) is 89.8 cm³/mol. The first-order valence-electron chi connectivity index (χ1n) is 7.45. The van der Waals surface area contributed by atoms with Gasteiger partial charge in [-0.1, -0.05) is 45.0 Å². The number of pyridine rings is 1. The molecule has 0 atom stereocenters. The second-order valence-corrected chi connectivity index (χ2v) is 6.42. The summed E-state index contributed by atoms with van der Waals surface area (Å²) in [5, 5.41) is 2.89. The zero-order chi connectivity index (χ0) is 16.2. The molecular formula is C18H23N3O. The minimum Gasteiger partial charge on any atom is -0.384 e. The zero-order valence-electron chi connectivity index (χ0n) is 13.4. The third-order valence-electron chi connectivity index (χ3n) is 3.57. The molecule has 0 fully saturated rings. The second-order valence-electron chi connectivity index (χ2n) is 6.42. The van der Waals surface area contributed by atoms with E-state index >= 15 is 0 Å². The van der Waals surface area contributed by atoms with Crippen molar-refractivity contribution in [2.24, 2.45) is 0 Å². The minimum absolute atomic E-state index is 0.126. The first-order chi connectivity index (χ1) is 10.4. The molecule has 0 aliphatic rings. The molecule has 2 aromatic rings. The molecule has 2 rings (SSSR count). The molecule has 3 N–H and O–H groups in total. The van der Waals surface area contributed by atoms with Crippen molar-refractivity contribution in [3.05, 3.63) is 59.3 Å². The highest BCUT2D eigenvalue weighted by Gasteiger charge is 2.12. The largest absolute Gasteiger partial charge is 0.384 e. The van der Waals surface area contributed by atoms with Gasteiger partial charge in [-0.3, -0.25) is 4.79 Å². The number of nitrogens with two attached hydrogens (primary N) is 1. The molecule has 0 saturated heterocycles. The van der Waals surface area contributed by atoms with Gasteiger partial charge in [0.05, 0.1) is 5.56 Å². The van der Waals surface area contributed by atoms with Gasteiger partial charge < -0.3 is 11.1 Å². The molecule has 4 heteroatoms. The molecule has 0 saturated carbocycles. The van der Waals surface area contributed by atoms with Gasteiger partial charge in [0.15, 0.2) is 0 Å². The van der Waals surface area contributed by atoms with E-state index in [-0.39, 0.29) is 11.3 Å². The summed E-state index contributed by atoms with van der Waals surface area (Å²) in [7, 11) is 0. The number of rotatable bonds is 4. The molecule has 116 valence electrons. The maximum Gasteiger partial charge on any atom is 0.252 e. The molecular weight excluding hydrogens is 274 g/mol. The van der Waals surface area contributed by atoms with E-state index in [4.69, 9.17) is 5.73 Å². The number of aromatic nitrogens is 1. The van der Waals surface area contributed by atoms with Crippen LogP contribution in [-0.4, -0.2) is 17.4 Å². The van der Waals surface area contributed by atoms with E-state index in [0.717, 1.165) is 6.42 Å². The fraction of sp³-hybridized carbons (Fsp3) is 0.333. The van der Waals surface area contributed by atoms with Crippen LogP contribution in [0.2, 0.25) is 0 Å². The standard InChI is InChI=1S/C18H23N3O/c1-18(2,3)15-7-4-13(5-8-15)10-11-20-17(22)14-6-9-16(19)21-12-14/h4-9,12H,10-11H2,1-3H3,(H2,19,21)(H,20,22). The van der Waals surface area contributed by atoms with Gasteiger partial charge in [-0.15, -0.1) is 0 Å². The number of hydrogen-bond donors (Lipinski definition) is 2. The van der Waals surface area contributed by atoms with Crippen LogP contribution in [0.4, 0.5) is 5.82 Å². The van der Waals surface area contributed by atoms with Crippen LogP contribution in [0.15, 0.2) is 42.6 Å². The number of nitrogens with zero attached hydrogens (tertiary/aromatic N) is 1. The molecule has 0 bridgehead atoms. The van der Waals surface area contributed by atoms with Crippen LogP contribution in [0.1, 0.15) is 42.3 Å². The number of amides is 1. The Morgan fingerprint density at radius 2 is 1.82 bits per heavy atom. The molecule has 0 aliphatic carbocycles. The van der Waals surface area contributed by atoms with Crippen molar-refractivity contribution >= 4 is 11.7 Å². The van der Waals surface area contributed by atoms with Gasteiger partial charge in [-0.25, -0.2) is 4.98 Å². The van der Waals surface area contributed by atoms with Crippen LogP contribution in [-0.2, 0) is 11.8 Å². The third kappa shape index (κ3) is 4.32. The molecule has 0 aliphatic heterocycles. The van der Waals surface area contributed by atoms with Crippen molar-refractivity contribution in [2.45, 2.75) is 32.6 Å². The average Bonchev–Trinajstić information content (AvgIpc) is 2.47. The Balaban J connectivity index is 1.86. The first-order valence-corrected chi connectivity index (χ1v) is 7.45. The predicted octanol–water partition coefficient (Wildman–Crippen LogP) is 2.93. The fourth-order valence-corrected chi connectivity index (χ4v) is 2.13. The van der Waals surface area contributed by atoms with E-state index in [1.54, 1.807) is 12.1 Å². The Morgan fingerprint density at radius 3 is 2.36 bits per heavy atom. The molecule has 22 heavy (non-hydrogen) atoms. The minimum atomic E-state index is -0.126. The normalized spacial score (nSPS) is 11.2. The lowest BCUT2D eigenvalue weighted by Crippen LogP contribution is -2.25. The SMILES string of the molecule is CC(C)(C)c1ccc(CCNC(=O)c2ccc(N)nc2)cc1.